The van der Waals surface area contributed by atoms with Crippen molar-refractivity contribution in [2.24, 2.45) is 0 Å². The van der Waals surface area contributed by atoms with E-state index in [2.05, 4.69) is 34.5 Å². The molecule has 1 aliphatic rings. The van der Waals surface area contributed by atoms with Crippen LogP contribution in [0.1, 0.15) is 29.2 Å². The average molecular weight is 569 g/mol. The van der Waals surface area contributed by atoms with Crippen LogP contribution < -0.4 is 5.32 Å². The minimum atomic E-state index is -0.860. The predicted molar refractivity (Wildman–Crippen MR) is 160 cm³/mol. The minimum Gasteiger partial charge on any atom is -0.340 e. The number of hydrogen-bond donors (Lipinski definition) is 1. The lowest BCUT2D eigenvalue weighted by Gasteiger charge is -2.40. The van der Waals surface area contributed by atoms with Crippen LogP contribution in [0.3, 0.4) is 0 Å². The van der Waals surface area contributed by atoms with Gasteiger partial charge in [0.1, 0.15) is 11.6 Å². The smallest absolute Gasteiger partial charge is 0.322 e. The van der Waals surface area contributed by atoms with Gasteiger partial charge in [0, 0.05) is 51.8 Å². The molecule has 8 heteroatoms. The summed E-state index contributed by atoms with van der Waals surface area (Å²) in [5.41, 5.74) is 3.18. The molecule has 0 unspecified atom stereocenters. The topological polar surface area (TPSA) is 55.9 Å². The van der Waals surface area contributed by atoms with Crippen molar-refractivity contribution in [3.05, 3.63) is 138 Å². The third kappa shape index (κ3) is 7.39. The molecule has 4 aromatic rings. The summed E-state index contributed by atoms with van der Waals surface area (Å²) in [6.07, 6.45) is 0.132. The normalized spacial score (nSPS) is 13.6. The van der Waals surface area contributed by atoms with Gasteiger partial charge in [0.15, 0.2) is 0 Å². The van der Waals surface area contributed by atoms with Crippen molar-refractivity contribution >= 4 is 17.6 Å². The standard InChI is InChI=1S/C34H34F2N4O2/c35-29-16-17-31(30(36)24-29)37-34(42)40(25-26-10-4-1-5-11-26)19-18-32(41)38-20-22-39(23-21-38)33(27-12-6-2-7-13-27)28-14-8-3-9-15-28/h1-17,24,33H,18-23,25H2,(H,37,42). The molecule has 0 spiro atoms. The van der Waals surface area contributed by atoms with Crippen LogP contribution in [0.15, 0.2) is 109 Å². The summed E-state index contributed by atoms with van der Waals surface area (Å²) < 4.78 is 27.6. The Morgan fingerprint density at radius 3 is 1.90 bits per heavy atom. The maximum atomic E-state index is 14.2. The zero-order chi connectivity index (χ0) is 29.3. The molecule has 3 amide bonds. The monoisotopic (exact) mass is 568 g/mol. The molecule has 6 nitrogen and oxygen atoms in total. The van der Waals surface area contributed by atoms with Crippen molar-refractivity contribution in [1.29, 1.82) is 0 Å². The van der Waals surface area contributed by atoms with Gasteiger partial charge >= 0.3 is 6.03 Å². The van der Waals surface area contributed by atoms with Gasteiger partial charge in [0.05, 0.1) is 11.7 Å². The number of rotatable bonds is 9. The molecular weight excluding hydrogens is 534 g/mol. The fourth-order valence-electron chi connectivity index (χ4n) is 5.34. The van der Waals surface area contributed by atoms with E-state index >= 15 is 0 Å². The number of nitrogens with zero attached hydrogens (tertiary/aromatic N) is 3. The van der Waals surface area contributed by atoms with Crippen LogP contribution in [0.4, 0.5) is 19.3 Å². The molecule has 0 aliphatic carbocycles. The Morgan fingerprint density at radius 1 is 0.762 bits per heavy atom. The number of carbonyl (C=O) groups excluding carboxylic acids is 2. The quantitative estimate of drug-likeness (QED) is 0.257. The van der Waals surface area contributed by atoms with E-state index in [1.807, 2.05) is 71.6 Å². The first kappa shape index (κ1) is 29.0. The second-order valence-corrected chi connectivity index (χ2v) is 10.4. The summed E-state index contributed by atoms with van der Waals surface area (Å²) in [5, 5.41) is 2.52. The molecule has 1 heterocycles. The van der Waals surface area contributed by atoms with Crippen molar-refractivity contribution in [3.63, 3.8) is 0 Å². The molecule has 5 rings (SSSR count). The third-order valence-corrected chi connectivity index (χ3v) is 7.53. The second-order valence-electron chi connectivity index (χ2n) is 10.4. The zero-order valence-electron chi connectivity index (χ0n) is 23.3. The fourth-order valence-corrected chi connectivity index (χ4v) is 5.34. The summed E-state index contributed by atoms with van der Waals surface area (Å²) in [6.45, 7) is 3.00. The van der Waals surface area contributed by atoms with Crippen LogP contribution in [-0.4, -0.2) is 59.4 Å². The van der Waals surface area contributed by atoms with Gasteiger partial charge in [-0.05, 0) is 28.8 Å². The number of carbonyl (C=O) groups is 2. The first-order chi connectivity index (χ1) is 20.5. The summed E-state index contributed by atoms with van der Waals surface area (Å²) in [7, 11) is 0. The van der Waals surface area contributed by atoms with Gasteiger partial charge in [-0.25, -0.2) is 13.6 Å². The Balaban J connectivity index is 1.22. The number of piperazine rings is 1. The molecule has 0 aromatic heterocycles. The lowest BCUT2D eigenvalue weighted by Crippen LogP contribution is -2.50. The van der Waals surface area contributed by atoms with Crippen molar-refractivity contribution in [1.82, 2.24) is 14.7 Å². The molecule has 1 aliphatic heterocycles. The van der Waals surface area contributed by atoms with E-state index in [9.17, 15) is 18.4 Å². The predicted octanol–water partition coefficient (Wildman–Crippen LogP) is 6.32. The van der Waals surface area contributed by atoms with Gasteiger partial charge < -0.3 is 15.1 Å². The average Bonchev–Trinajstić information content (AvgIpc) is 3.02. The van der Waals surface area contributed by atoms with Gasteiger partial charge in [-0.15, -0.1) is 0 Å². The van der Waals surface area contributed by atoms with Gasteiger partial charge in [-0.1, -0.05) is 91.0 Å². The van der Waals surface area contributed by atoms with Crippen LogP contribution >= 0.6 is 0 Å². The van der Waals surface area contributed by atoms with E-state index in [1.54, 1.807) is 0 Å². The molecule has 0 atom stereocenters. The van der Waals surface area contributed by atoms with Crippen LogP contribution in [0.2, 0.25) is 0 Å². The highest BCUT2D eigenvalue weighted by Crippen LogP contribution is 2.29. The van der Waals surface area contributed by atoms with E-state index < -0.39 is 17.7 Å². The SMILES string of the molecule is O=C(CCN(Cc1ccccc1)C(=O)Nc1ccc(F)cc1F)N1CCN(C(c2ccccc2)c2ccccc2)CC1. The number of halogens is 2. The van der Waals surface area contributed by atoms with E-state index in [0.717, 1.165) is 30.8 Å². The number of benzene rings is 4. The van der Waals surface area contributed by atoms with Crippen molar-refractivity contribution in [3.8, 4) is 0 Å². The number of urea groups is 1. The third-order valence-electron chi connectivity index (χ3n) is 7.53. The lowest BCUT2D eigenvalue weighted by atomic mass is 9.96. The van der Waals surface area contributed by atoms with Crippen LogP contribution in [0.5, 0.6) is 0 Å². The van der Waals surface area contributed by atoms with Gasteiger partial charge in [0.2, 0.25) is 5.91 Å². The fraction of sp³-hybridized carbons (Fsp3) is 0.235. The summed E-state index contributed by atoms with van der Waals surface area (Å²) in [6, 6.07) is 32.7. The summed E-state index contributed by atoms with van der Waals surface area (Å²) in [4.78, 5) is 32.2. The Kier molecular flexibility index (Phi) is 9.56. The Labute approximate surface area is 245 Å². The van der Waals surface area contributed by atoms with E-state index in [4.69, 9.17) is 0 Å². The van der Waals surface area contributed by atoms with E-state index in [0.29, 0.717) is 13.1 Å². The van der Waals surface area contributed by atoms with Crippen molar-refractivity contribution < 1.29 is 18.4 Å². The molecule has 1 saturated heterocycles. The highest BCUT2D eigenvalue weighted by molar-refractivity contribution is 5.89. The molecule has 1 N–H and O–H groups in total. The van der Waals surface area contributed by atoms with E-state index in [-0.39, 0.29) is 37.1 Å². The van der Waals surface area contributed by atoms with Crippen LogP contribution in [0, 0.1) is 11.6 Å². The maximum Gasteiger partial charge on any atom is 0.322 e. The molecule has 1 fully saturated rings. The highest BCUT2D eigenvalue weighted by Gasteiger charge is 2.28. The summed E-state index contributed by atoms with van der Waals surface area (Å²) in [5.74, 6) is -1.62. The lowest BCUT2D eigenvalue weighted by molar-refractivity contribution is -0.133. The second kappa shape index (κ2) is 13.9. The maximum absolute atomic E-state index is 14.2. The molecule has 4 aromatic carbocycles. The Hall–Kier alpha value is -4.56. The van der Waals surface area contributed by atoms with Crippen molar-refractivity contribution in [2.75, 3.05) is 38.0 Å². The highest BCUT2D eigenvalue weighted by atomic mass is 19.1. The zero-order valence-corrected chi connectivity index (χ0v) is 23.3. The van der Waals surface area contributed by atoms with Gasteiger partial charge in [0.25, 0.3) is 0 Å². The van der Waals surface area contributed by atoms with Crippen molar-refractivity contribution in [2.45, 2.75) is 19.0 Å². The first-order valence-electron chi connectivity index (χ1n) is 14.1. The Morgan fingerprint density at radius 2 is 1.33 bits per heavy atom. The molecule has 0 radical (unpaired) electrons. The molecule has 0 bridgehead atoms. The van der Waals surface area contributed by atoms with Gasteiger partial charge in [-0.2, -0.15) is 0 Å². The van der Waals surface area contributed by atoms with Crippen LogP contribution in [0.25, 0.3) is 0 Å². The first-order valence-corrected chi connectivity index (χ1v) is 14.1. The number of anilines is 1. The van der Waals surface area contributed by atoms with Gasteiger partial charge in [-0.3, -0.25) is 9.69 Å². The molecule has 42 heavy (non-hydrogen) atoms. The number of hydrogen-bond acceptors (Lipinski definition) is 3. The Bertz CT molecular complexity index is 1420. The minimum absolute atomic E-state index is 0.0375. The number of nitrogens with one attached hydrogen (secondary N) is 1. The van der Waals surface area contributed by atoms with Crippen LogP contribution in [-0.2, 0) is 11.3 Å². The summed E-state index contributed by atoms with van der Waals surface area (Å²) >= 11 is 0. The molecule has 0 saturated carbocycles. The number of amides is 3. The largest absolute Gasteiger partial charge is 0.340 e. The molecular formula is C34H34F2N4O2. The molecule has 216 valence electrons. The van der Waals surface area contributed by atoms with E-state index in [1.165, 1.54) is 22.1 Å².